The lowest BCUT2D eigenvalue weighted by molar-refractivity contribution is -0.108. The van der Waals surface area contributed by atoms with Crippen LogP contribution >= 0.6 is 0 Å². The number of rotatable bonds is 2. The van der Waals surface area contributed by atoms with E-state index < -0.39 is 0 Å². The molecule has 0 fully saturated rings. The minimum atomic E-state index is 0.477. The summed E-state index contributed by atoms with van der Waals surface area (Å²) in [4.78, 5) is 12.3. The van der Waals surface area contributed by atoms with Gasteiger partial charge in [0.1, 0.15) is 6.29 Å². The summed E-state index contributed by atoms with van der Waals surface area (Å²) < 4.78 is 0. The number of hydrogen-bond acceptors (Lipinski definition) is 2. The van der Waals surface area contributed by atoms with Crippen LogP contribution < -0.4 is 0 Å². The van der Waals surface area contributed by atoms with Crippen molar-refractivity contribution in [2.75, 3.05) is 6.54 Å². The van der Waals surface area contributed by atoms with Gasteiger partial charge in [-0.15, -0.1) is 0 Å². The Labute approximate surface area is 77.5 Å². The topological polar surface area (TPSA) is 20.3 Å². The molecule has 1 aromatic rings. The Morgan fingerprint density at radius 1 is 1.38 bits per heavy atom. The average Bonchev–Trinajstić information content (AvgIpc) is 2.18. The van der Waals surface area contributed by atoms with Crippen molar-refractivity contribution in [3.8, 4) is 0 Å². The molecule has 2 heteroatoms. The van der Waals surface area contributed by atoms with Crippen LogP contribution in [0.1, 0.15) is 11.1 Å². The molecule has 0 aromatic heterocycles. The molecule has 13 heavy (non-hydrogen) atoms. The molecule has 0 saturated carbocycles. The van der Waals surface area contributed by atoms with Crippen LogP contribution in [0.3, 0.4) is 0 Å². The van der Waals surface area contributed by atoms with E-state index >= 15 is 0 Å². The Kier molecular flexibility index (Phi) is 2.13. The summed E-state index contributed by atoms with van der Waals surface area (Å²) in [6.07, 6.45) is 4.94. The van der Waals surface area contributed by atoms with E-state index in [-0.39, 0.29) is 0 Å². The van der Waals surface area contributed by atoms with E-state index in [1.165, 1.54) is 11.1 Å². The second-order valence-electron chi connectivity index (χ2n) is 3.11. The SMILES string of the molecule is O=CCN1C=Cc2ccccc2C1. The molecule has 1 aromatic carbocycles. The van der Waals surface area contributed by atoms with Crippen molar-refractivity contribution in [2.45, 2.75) is 6.54 Å². The number of nitrogens with zero attached hydrogens (tertiary/aromatic N) is 1. The fourth-order valence-corrected chi connectivity index (χ4v) is 1.52. The maximum Gasteiger partial charge on any atom is 0.139 e. The largest absolute Gasteiger partial charge is 0.366 e. The van der Waals surface area contributed by atoms with E-state index in [0.717, 1.165) is 12.8 Å². The van der Waals surface area contributed by atoms with Crippen LogP contribution in [0.15, 0.2) is 30.5 Å². The fraction of sp³-hybridized carbons (Fsp3) is 0.182. The first-order chi connectivity index (χ1) is 6.40. The zero-order valence-electron chi connectivity index (χ0n) is 7.31. The molecule has 0 saturated heterocycles. The zero-order valence-corrected chi connectivity index (χ0v) is 7.31. The Balaban J connectivity index is 2.23. The molecule has 0 amide bonds. The van der Waals surface area contributed by atoms with Gasteiger partial charge in [0, 0.05) is 12.7 Å². The lowest BCUT2D eigenvalue weighted by Crippen LogP contribution is -2.21. The lowest BCUT2D eigenvalue weighted by atomic mass is 10.0. The Bertz CT molecular complexity index is 344. The van der Waals surface area contributed by atoms with Crippen molar-refractivity contribution in [1.82, 2.24) is 4.90 Å². The number of hydrogen-bond donors (Lipinski definition) is 0. The molecule has 0 aliphatic carbocycles. The van der Waals surface area contributed by atoms with Gasteiger partial charge in [-0.25, -0.2) is 0 Å². The summed E-state index contributed by atoms with van der Waals surface area (Å²) in [6.45, 7) is 1.32. The van der Waals surface area contributed by atoms with Gasteiger partial charge in [0.15, 0.2) is 0 Å². The van der Waals surface area contributed by atoms with E-state index in [9.17, 15) is 4.79 Å². The summed E-state index contributed by atoms with van der Waals surface area (Å²) in [6, 6.07) is 8.23. The van der Waals surface area contributed by atoms with Crippen molar-refractivity contribution < 1.29 is 4.79 Å². The first-order valence-corrected chi connectivity index (χ1v) is 4.34. The van der Waals surface area contributed by atoms with Gasteiger partial charge in [-0.05, 0) is 17.2 Å². The normalized spacial score (nSPS) is 14.0. The standard InChI is InChI=1S/C11H11NO/c13-8-7-12-6-5-10-3-1-2-4-11(10)9-12/h1-6,8H,7,9H2. The van der Waals surface area contributed by atoms with E-state index in [1.807, 2.05) is 29.3 Å². The number of carbonyl (C=O) groups is 1. The van der Waals surface area contributed by atoms with E-state index in [4.69, 9.17) is 0 Å². The molecular weight excluding hydrogens is 162 g/mol. The Hall–Kier alpha value is -1.57. The van der Waals surface area contributed by atoms with E-state index in [1.54, 1.807) is 0 Å². The molecule has 0 N–H and O–H groups in total. The molecule has 1 aliphatic heterocycles. The minimum absolute atomic E-state index is 0.477. The average molecular weight is 173 g/mol. The molecule has 0 bridgehead atoms. The predicted molar refractivity (Wildman–Crippen MR) is 52.0 cm³/mol. The van der Waals surface area contributed by atoms with Crippen LogP contribution in [0.5, 0.6) is 0 Å². The molecule has 2 nitrogen and oxygen atoms in total. The highest BCUT2D eigenvalue weighted by molar-refractivity contribution is 5.58. The molecular formula is C11H11NO. The van der Waals surface area contributed by atoms with Gasteiger partial charge in [0.05, 0.1) is 6.54 Å². The number of benzene rings is 1. The van der Waals surface area contributed by atoms with Gasteiger partial charge in [-0.1, -0.05) is 24.3 Å². The van der Waals surface area contributed by atoms with Crippen molar-refractivity contribution >= 4 is 12.4 Å². The fourth-order valence-electron chi connectivity index (χ4n) is 1.52. The third-order valence-electron chi connectivity index (χ3n) is 2.20. The van der Waals surface area contributed by atoms with Crippen LogP contribution in [-0.4, -0.2) is 17.7 Å². The third kappa shape index (κ3) is 1.61. The van der Waals surface area contributed by atoms with Crippen LogP contribution in [0.25, 0.3) is 6.08 Å². The van der Waals surface area contributed by atoms with Crippen LogP contribution in [0.2, 0.25) is 0 Å². The highest BCUT2D eigenvalue weighted by atomic mass is 16.1. The molecule has 0 unspecified atom stereocenters. The molecule has 0 radical (unpaired) electrons. The maximum absolute atomic E-state index is 10.3. The van der Waals surface area contributed by atoms with Gasteiger partial charge < -0.3 is 9.69 Å². The smallest absolute Gasteiger partial charge is 0.139 e. The monoisotopic (exact) mass is 173 g/mol. The number of fused-ring (bicyclic) bond motifs is 1. The highest BCUT2D eigenvalue weighted by Gasteiger charge is 2.08. The van der Waals surface area contributed by atoms with Crippen LogP contribution in [0.4, 0.5) is 0 Å². The molecule has 0 atom stereocenters. The Morgan fingerprint density at radius 3 is 3.08 bits per heavy atom. The van der Waals surface area contributed by atoms with Crippen molar-refractivity contribution in [1.29, 1.82) is 0 Å². The second-order valence-corrected chi connectivity index (χ2v) is 3.11. The third-order valence-corrected chi connectivity index (χ3v) is 2.20. The highest BCUT2D eigenvalue weighted by Crippen LogP contribution is 2.18. The molecule has 1 heterocycles. The zero-order chi connectivity index (χ0) is 9.10. The van der Waals surface area contributed by atoms with Crippen LogP contribution in [-0.2, 0) is 11.3 Å². The summed E-state index contributed by atoms with van der Waals surface area (Å²) in [7, 11) is 0. The van der Waals surface area contributed by atoms with Gasteiger partial charge >= 0.3 is 0 Å². The maximum atomic E-state index is 10.3. The molecule has 1 aliphatic rings. The quantitative estimate of drug-likeness (QED) is 0.634. The first kappa shape index (κ1) is 8.05. The predicted octanol–water partition coefficient (Wildman–Crippen LogP) is 1.67. The van der Waals surface area contributed by atoms with Crippen molar-refractivity contribution in [2.24, 2.45) is 0 Å². The van der Waals surface area contributed by atoms with E-state index in [0.29, 0.717) is 6.54 Å². The van der Waals surface area contributed by atoms with Gasteiger partial charge in [0.25, 0.3) is 0 Å². The number of aldehydes is 1. The summed E-state index contributed by atoms with van der Waals surface area (Å²) in [5.41, 5.74) is 2.54. The summed E-state index contributed by atoms with van der Waals surface area (Å²) >= 11 is 0. The molecule has 0 spiro atoms. The van der Waals surface area contributed by atoms with Crippen LogP contribution in [0, 0.1) is 0 Å². The first-order valence-electron chi connectivity index (χ1n) is 4.34. The van der Waals surface area contributed by atoms with Crippen molar-refractivity contribution in [3.63, 3.8) is 0 Å². The summed E-state index contributed by atoms with van der Waals surface area (Å²) in [5, 5.41) is 0. The lowest BCUT2D eigenvalue weighted by Gasteiger charge is -2.22. The molecule has 66 valence electrons. The van der Waals surface area contributed by atoms with Gasteiger partial charge in [-0.2, -0.15) is 0 Å². The Morgan fingerprint density at radius 2 is 2.23 bits per heavy atom. The van der Waals surface area contributed by atoms with Gasteiger partial charge in [-0.3, -0.25) is 0 Å². The number of carbonyl (C=O) groups excluding carboxylic acids is 1. The van der Waals surface area contributed by atoms with Crippen molar-refractivity contribution in [3.05, 3.63) is 41.6 Å². The van der Waals surface area contributed by atoms with E-state index in [2.05, 4.69) is 12.1 Å². The van der Waals surface area contributed by atoms with Gasteiger partial charge in [0.2, 0.25) is 0 Å². The second kappa shape index (κ2) is 3.44. The minimum Gasteiger partial charge on any atom is -0.366 e. The summed E-state index contributed by atoms with van der Waals surface area (Å²) in [5.74, 6) is 0. The molecule has 2 rings (SSSR count).